The number of amides is 1. The summed E-state index contributed by atoms with van der Waals surface area (Å²) >= 11 is 6.04. The van der Waals surface area contributed by atoms with Crippen molar-refractivity contribution in [1.82, 2.24) is 4.98 Å². The first-order valence-electron chi connectivity index (χ1n) is 9.64. The molecule has 4 nitrogen and oxygen atoms in total. The maximum Gasteiger partial charge on any atom is 0.227 e. The molecule has 3 aromatic rings. The van der Waals surface area contributed by atoms with Gasteiger partial charge in [0.15, 0.2) is 5.58 Å². The van der Waals surface area contributed by atoms with Gasteiger partial charge in [-0.05, 0) is 48.7 Å². The van der Waals surface area contributed by atoms with E-state index in [-0.39, 0.29) is 5.91 Å². The van der Waals surface area contributed by atoms with Crippen LogP contribution in [0.2, 0.25) is 5.02 Å². The Balaban J connectivity index is 1.42. The van der Waals surface area contributed by atoms with E-state index in [1.54, 1.807) is 0 Å². The molecule has 27 heavy (non-hydrogen) atoms. The molecule has 0 saturated heterocycles. The number of carbonyl (C=O) groups is 1. The Morgan fingerprint density at radius 2 is 2.00 bits per heavy atom. The molecule has 0 aliphatic heterocycles. The van der Waals surface area contributed by atoms with Crippen molar-refractivity contribution in [2.75, 3.05) is 5.32 Å². The summed E-state index contributed by atoms with van der Waals surface area (Å²) in [7, 11) is 0. The van der Waals surface area contributed by atoms with E-state index in [0.717, 1.165) is 23.2 Å². The molecule has 1 N–H and O–H groups in total. The number of nitrogens with one attached hydrogen (secondary N) is 1. The zero-order chi connectivity index (χ0) is 18.6. The lowest BCUT2D eigenvalue weighted by Gasteiger charge is -2.20. The predicted octanol–water partition coefficient (Wildman–Crippen LogP) is 6.45. The van der Waals surface area contributed by atoms with Crippen molar-refractivity contribution in [3.63, 3.8) is 0 Å². The first kappa shape index (κ1) is 18.1. The highest BCUT2D eigenvalue weighted by molar-refractivity contribution is 6.30. The molecule has 4 rings (SSSR count). The SMILES string of the molecule is O=C(CCC1CCCCC1)Nc1ccc2oc(-c3cccc(Cl)c3)nc2c1. The molecule has 1 heterocycles. The number of halogens is 1. The molecule has 1 amide bonds. The van der Waals surface area contributed by atoms with Crippen LogP contribution in [-0.2, 0) is 4.79 Å². The lowest BCUT2D eigenvalue weighted by Crippen LogP contribution is -2.14. The third-order valence-corrected chi connectivity index (χ3v) is 5.48. The highest BCUT2D eigenvalue weighted by Crippen LogP contribution is 2.29. The van der Waals surface area contributed by atoms with Crippen LogP contribution in [-0.4, -0.2) is 10.9 Å². The second-order valence-corrected chi connectivity index (χ2v) is 7.74. The number of benzene rings is 2. The fourth-order valence-electron chi connectivity index (χ4n) is 3.78. The van der Waals surface area contributed by atoms with Gasteiger partial charge in [0, 0.05) is 22.7 Å². The minimum atomic E-state index is 0.0680. The zero-order valence-electron chi connectivity index (χ0n) is 15.2. The number of anilines is 1. The van der Waals surface area contributed by atoms with Crippen LogP contribution < -0.4 is 5.32 Å². The second-order valence-electron chi connectivity index (χ2n) is 7.30. The van der Waals surface area contributed by atoms with Gasteiger partial charge in [-0.1, -0.05) is 49.8 Å². The van der Waals surface area contributed by atoms with Crippen molar-refractivity contribution in [2.24, 2.45) is 5.92 Å². The summed E-state index contributed by atoms with van der Waals surface area (Å²) in [6, 6.07) is 13.0. The lowest BCUT2D eigenvalue weighted by molar-refractivity contribution is -0.116. The average Bonchev–Trinajstić information content (AvgIpc) is 3.11. The van der Waals surface area contributed by atoms with Crippen molar-refractivity contribution in [3.05, 3.63) is 47.5 Å². The summed E-state index contributed by atoms with van der Waals surface area (Å²) in [5.74, 6) is 1.30. The fourth-order valence-corrected chi connectivity index (χ4v) is 3.97. The Bertz CT molecular complexity index is 944. The van der Waals surface area contributed by atoms with Gasteiger partial charge in [-0.3, -0.25) is 4.79 Å². The van der Waals surface area contributed by atoms with Crippen LogP contribution in [0.15, 0.2) is 46.9 Å². The number of nitrogens with zero attached hydrogens (tertiary/aromatic N) is 1. The number of carbonyl (C=O) groups excluding carboxylic acids is 1. The highest BCUT2D eigenvalue weighted by atomic mass is 35.5. The molecule has 1 aliphatic rings. The van der Waals surface area contributed by atoms with Crippen molar-refractivity contribution in [1.29, 1.82) is 0 Å². The Hall–Kier alpha value is -2.33. The normalized spacial score (nSPS) is 15.1. The van der Waals surface area contributed by atoms with Crippen LogP contribution in [0.1, 0.15) is 44.9 Å². The van der Waals surface area contributed by atoms with E-state index in [0.29, 0.717) is 28.8 Å². The van der Waals surface area contributed by atoms with Crippen LogP contribution in [0.4, 0.5) is 5.69 Å². The summed E-state index contributed by atoms with van der Waals surface area (Å²) in [6.07, 6.45) is 8.06. The van der Waals surface area contributed by atoms with E-state index in [1.807, 2.05) is 42.5 Å². The first-order chi connectivity index (χ1) is 13.2. The van der Waals surface area contributed by atoms with Gasteiger partial charge in [-0.15, -0.1) is 0 Å². The number of fused-ring (bicyclic) bond motifs is 1. The number of aromatic nitrogens is 1. The summed E-state index contributed by atoms with van der Waals surface area (Å²) in [6.45, 7) is 0. The highest BCUT2D eigenvalue weighted by Gasteiger charge is 2.15. The molecule has 0 spiro atoms. The third-order valence-electron chi connectivity index (χ3n) is 5.25. The standard InChI is InChI=1S/C22H23ClN2O2/c23-17-8-4-7-16(13-17)22-25-19-14-18(10-11-20(19)27-22)24-21(26)12-9-15-5-2-1-3-6-15/h4,7-8,10-11,13-15H,1-3,5-6,9,12H2,(H,24,26). The molecule has 0 bridgehead atoms. The van der Waals surface area contributed by atoms with Crippen LogP contribution in [0.3, 0.4) is 0 Å². The van der Waals surface area contributed by atoms with Crippen LogP contribution >= 0.6 is 11.6 Å². The molecule has 1 aromatic heterocycles. The summed E-state index contributed by atoms with van der Waals surface area (Å²) in [5.41, 5.74) is 2.99. The third kappa shape index (κ3) is 4.51. The zero-order valence-corrected chi connectivity index (χ0v) is 16.0. The van der Waals surface area contributed by atoms with Crippen molar-refractivity contribution in [2.45, 2.75) is 44.9 Å². The van der Waals surface area contributed by atoms with Gasteiger partial charge in [0.05, 0.1) is 0 Å². The minimum absolute atomic E-state index is 0.0680. The predicted molar refractivity (Wildman–Crippen MR) is 109 cm³/mol. The molecule has 5 heteroatoms. The Kier molecular flexibility index (Phi) is 5.44. The fraction of sp³-hybridized carbons (Fsp3) is 0.364. The van der Waals surface area contributed by atoms with Crippen LogP contribution in [0.5, 0.6) is 0 Å². The summed E-state index contributed by atoms with van der Waals surface area (Å²) in [5, 5.41) is 3.63. The Morgan fingerprint density at radius 1 is 1.15 bits per heavy atom. The van der Waals surface area contributed by atoms with E-state index in [9.17, 15) is 4.79 Å². The van der Waals surface area contributed by atoms with E-state index in [2.05, 4.69) is 10.3 Å². The first-order valence-corrected chi connectivity index (χ1v) is 10.0. The average molecular weight is 383 g/mol. The van der Waals surface area contributed by atoms with Crippen LogP contribution in [0, 0.1) is 5.92 Å². The molecule has 140 valence electrons. The van der Waals surface area contributed by atoms with E-state index in [1.165, 1.54) is 32.1 Å². The van der Waals surface area contributed by atoms with E-state index < -0.39 is 0 Å². The summed E-state index contributed by atoms with van der Waals surface area (Å²) < 4.78 is 5.81. The van der Waals surface area contributed by atoms with Crippen molar-refractivity contribution >= 4 is 34.3 Å². The van der Waals surface area contributed by atoms with Crippen LogP contribution in [0.25, 0.3) is 22.6 Å². The Labute approximate surface area is 163 Å². The number of hydrogen-bond acceptors (Lipinski definition) is 3. The van der Waals surface area contributed by atoms with Gasteiger partial charge < -0.3 is 9.73 Å². The maximum absolute atomic E-state index is 12.3. The largest absolute Gasteiger partial charge is 0.436 e. The van der Waals surface area contributed by atoms with Gasteiger partial charge >= 0.3 is 0 Å². The molecule has 1 saturated carbocycles. The van der Waals surface area contributed by atoms with E-state index in [4.69, 9.17) is 16.0 Å². The number of rotatable bonds is 5. The van der Waals surface area contributed by atoms with E-state index >= 15 is 0 Å². The van der Waals surface area contributed by atoms with Gasteiger partial charge in [-0.25, -0.2) is 4.98 Å². The molecule has 2 aromatic carbocycles. The molecule has 1 fully saturated rings. The minimum Gasteiger partial charge on any atom is -0.436 e. The topological polar surface area (TPSA) is 55.1 Å². The number of hydrogen-bond donors (Lipinski definition) is 1. The van der Waals surface area contributed by atoms with Gasteiger partial charge in [0.1, 0.15) is 5.52 Å². The van der Waals surface area contributed by atoms with Gasteiger partial charge in [-0.2, -0.15) is 0 Å². The molecule has 0 atom stereocenters. The molecule has 0 radical (unpaired) electrons. The number of oxazole rings is 1. The smallest absolute Gasteiger partial charge is 0.227 e. The molecular formula is C22H23ClN2O2. The van der Waals surface area contributed by atoms with Gasteiger partial charge in [0.25, 0.3) is 0 Å². The Morgan fingerprint density at radius 3 is 2.81 bits per heavy atom. The van der Waals surface area contributed by atoms with Gasteiger partial charge in [0.2, 0.25) is 11.8 Å². The maximum atomic E-state index is 12.3. The monoisotopic (exact) mass is 382 g/mol. The summed E-state index contributed by atoms with van der Waals surface area (Å²) in [4.78, 5) is 16.8. The second kappa shape index (κ2) is 8.13. The lowest BCUT2D eigenvalue weighted by atomic mass is 9.86. The van der Waals surface area contributed by atoms with Crippen molar-refractivity contribution < 1.29 is 9.21 Å². The quantitative estimate of drug-likeness (QED) is 0.551. The molecule has 1 aliphatic carbocycles. The molecule has 0 unspecified atom stereocenters. The van der Waals surface area contributed by atoms with Crippen molar-refractivity contribution in [3.8, 4) is 11.5 Å². The molecular weight excluding hydrogens is 360 g/mol.